The third-order valence-corrected chi connectivity index (χ3v) is 4.62. The Morgan fingerprint density at radius 2 is 2.27 bits per heavy atom. The molecule has 1 heterocycles. The highest BCUT2D eigenvalue weighted by Gasteiger charge is 2.39. The van der Waals surface area contributed by atoms with Gasteiger partial charge in [-0.05, 0) is 46.5 Å². The van der Waals surface area contributed by atoms with Crippen LogP contribution >= 0.6 is 46.9 Å². The predicted molar refractivity (Wildman–Crippen MR) is 106 cm³/mol. The van der Waals surface area contributed by atoms with E-state index >= 15 is 0 Å². The topological polar surface area (TPSA) is 36.4 Å². The van der Waals surface area contributed by atoms with Gasteiger partial charge in [-0.25, -0.2) is 0 Å². The fourth-order valence-electron chi connectivity index (χ4n) is 2.41. The molecule has 0 saturated heterocycles. The third-order valence-electron chi connectivity index (χ3n) is 3.65. The third kappa shape index (κ3) is 4.60. The Balaban J connectivity index is 0.00000176. The van der Waals surface area contributed by atoms with E-state index < -0.39 is 0 Å². The van der Waals surface area contributed by atoms with Crippen molar-refractivity contribution in [1.82, 2.24) is 10.6 Å². The first-order valence-electron chi connectivity index (χ1n) is 7.00. The number of thiophene rings is 1. The first kappa shape index (κ1) is 17.6. The zero-order valence-electron chi connectivity index (χ0n) is 12.3. The summed E-state index contributed by atoms with van der Waals surface area (Å²) in [5, 5.41) is 11.9. The number of guanidine groups is 1. The van der Waals surface area contributed by atoms with Crippen LogP contribution in [-0.4, -0.2) is 19.0 Å². The molecule has 2 unspecified atom stereocenters. The van der Waals surface area contributed by atoms with Gasteiger partial charge in [0.05, 0.1) is 0 Å². The van der Waals surface area contributed by atoms with Crippen molar-refractivity contribution in [2.24, 2.45) is 4.99 Å². The van der Waals surface area contributed by atoms with Gasteiger partial charge in [0.15, 0.2) is 5.96 Å². The highest BCUT2D eigenvalue weighted by Crippen LogP contribution is 2.41. The minimum absolute atomic E-state index is 0. The fourth-order valence-corrected chi connectivity index (χ4v) is 3.28. The van der Waals surface area contributed by atoms with Crippen molar-refractivity contribution < 1.29 is 0 Å². The van der Waals surface area contributed by atoms with Crippen LogP contribution in [0.4, 0.5) is 0 Å². The lowest BCUT2D eigenvalue weighted by Crippen LogP contribution is -2.38. The van der Waals surface area contributed by atoms with Crippen molar-refractivity contribution in [3.63, 3.8) is 0 Å². The molecule has 0 amide bonds. The zero-order valence-corrected chi connectivity index (χ0v) is 16.2. The van der Waals surface area contributed by atoms with E-state index in [4.69, 9.17) is 11.6 Å². The standard InChI is InChI=1S/C16H18ClN3S.HI/c1-18-16(19-9-11-5-6-21-10-11)20-15-8-14(15)12-3-2-4-13(17)7-12;/h2-7,10,14-15H,8-9H2,1H3,(H2,18,19,20);1H. The Morgan fingerprint density at radius 3 is 2.95 bits per heavy atom. The molecule has 3 nitrogen and oxygen atoms in total. The van der Waals surface area contributed by atoms with Crippen molar-refractivity contribution in [3.8, 4) is 0 Å². The summed E-state index contributed by atoms with van der Waals surface area (Å²) < 4.78 is 0. The molecule has 1 aliphatic rings. The molecule has 2 atom stereocenters. The molecular formula is C16H19ClIN3S. The van der Waals surface area contributed by atoms with Crippen LogP contribution < -0.4 is 10.6 Å². The smallest absolute Gasteiger partial charge is 0.191 e. The first-order valence-corrected chi connectivity index (χ1v) is 8.32. The van der Waals surface area contributed by atoms with Crippen LogP contribution in [-0.2, 0) is 6.54 Å². The maximum atomic E-state index is 6.05. The Morgan fingerprint density at radius 1 is 1.41 bits per heavy atom. The number of benzene rings is 1. The average molecular weight is 448 g/mol. The van der Waals surface area contributed by atoms with Crippen molar-refractivity contribution >= 4 is 52.9 Å². The van der Waals surface area contributed by atoms with Gasteiger partial charge in [0, 0.05) is 30.6 Å². The van der Waals surface area contributed by atoms with Crippen LogP contribution in [0.2, 0.25) is 5.02 Å². The number of nitrogens with zero attached hydrogens (tertiary/aromatic N) is 1. The summed E-state index contributed by atoms with van der Waals surface area (Å²) in [6.07, 6.45) is 1.12. The van der Waals surface area contributed by atoms with E-state index in [9.17, 15) is 0 Å². The van der Waals surface area contributed by atoms with E-state index in [0.29, 0.717) is 12.0 Å². The lowest BCUT2D eigenvalue weighted by molar-refractivity contribution is 0.791. The van der Waals surface area contributed by atoms with Crippen LogP contribution in [0.5, 0.6) is 0 Å². The summed E-state index contributed by atoms with van der Waals surface area (Å²) in [5.41, 5.74) is 2.58. The molecule has 0 aliphatic heterocycles. The van der Waals surface area contributed by atoms with Crippen molar-refractivity contribution in [2.75, 3.05) is 7.05 Å². The van der Waals surface area contributed by atoms with Gasteiger partial charge in [-0.15, -0.1) is 24.0 Å². The Kier molecular flexibility index (Phi) is 6.52. The average Bonchev–Trinajstić information content (AvgIpc) is 3.06. The lowest BCUT2D eigenvalue weighted by atomic mass is 10.1. The number of halogens is 2. The van der Waals surface area contributed by atoms with E-state index in [-0.39, 0.29) is 24.0 Å². The lowest BCUT2D eigenvalue weighted by Gasteiger charge is -2.11. The second-order valence-corrected chi connectivity index (χ2v) is 6.42. The molecule has 3 rings (SSSR count). The van der Waals surface area contributed by atoms with E-state index in [1.165, 1.54) is 11.1 Å². The molecule has 0 radical (unpaired) electrons. The Hall–Kier alpha value is -0.790. The number of rotatable bonds is 4. The molecule has 22 heavy (non-hydrogen) atoms. The van der Waals surface area contributed by atoms with Crippen LogP contribution in [0.1, 0.15) is 23.5 Å². The number of aliphatic imine (C=N–C) groups is 1. The number of nitrogens with one attached hydrogen (secondary N) is 2. The molecule has 2 aromatic rings. The van der Waals surface area contributed by atoms with Gasteiger partial charge < -0.3 is 10.6 Å². The van der Waals surface area contributed by atoms with E-state index in [1.807, 2.05) is 12.1 Å². The SMILES string of the molecule is CN=C(NCc1ccsc1)NC1CC1c1cccc(Cl)c1.I. The van der Waals surface area contributed by atoms with E-state index in [2.05, 4.69) is 44.6 Å². The Labute approximate surface area is 157 Å². The summed E-state index contributed by atoms with van der Waals surface area (Å²) in [4.78, 5) is 4.29. The highest BCUT2D eigenvalue weighted by atomic mass is 127. The summed E-state index contributed by atoms with van der Waals surface area (Å²) in [5.74, 6) is 1.39. The fraction of sp³-hybridized carbons (Fsp3) is 0.312. The molecular weight excluding hydrogens is 429 g/mol. The van der Waals surface area contributed by atoms with Gasteiger partial charge >= 0.3 is 0 Å². The van der Waals surface area contributed by atoms with Crippen molar-refractivity contribution in [1.29, 1.82) is 0 Å². The van der Waals surface area contributed by atoms with Gasteiger partial charge in [0.1, 0.15) is 0 Å². The zero-order chi connectivity index (χ0) is 14.7. The second kappa shape index (κ2) is 8.17. The number of hydrogen-bond donors (Lipinski definition) is 2. The largest absolute Gasteiger partial charge is 0.353 e. The maximum Gasteiger partial charge on any atom is 0.191 e. The first-order chi connectivity index (χ1) is 10.3. The summed E-state index contributed by atoms with van der Waals surface area (Å²) in [6.45, 7) is 0.803. The molecule has 2 N–H and O–H groups in total. The van der Waals surface area contributed by atoms with Crippen LogP contribution in [0.3, 0.4) is 0 Å². The molecule has 1 aliphatic carbocycles. The van der Waals surface area contributed by atoms with Crippen LogP contribution in [0.25, 0.3) is 0 Å². The molecule has 118 valence electrons. The molecule has 6 heteroatoms. The van der Waals surface area contributed by atoms with E-state index in [1.54, 1.807) is 18.4 Å². The molecule has 0 bridgehead atoms. The normalized spacial score (nSPS) is 20.2. The minimum atomic E-state index is 0. The molecule has 1 fully saturated rings. The van der Waals surface area contributed by atoms with E-state index in [0.717, 1.165) is 23.9 Å². The summed E-state index contributed by atoms with van der Waals surface area (Å²) in [7, 11) is 1.81. The van der Waals surface area contributed by atoms with Crippen LogP contribution in [0.15, 0.2) is 46.1 Å². The van der Waals surface area contributed by atoms with Gasteiger partial charge in [0.25, 0.3) is 0 Å². The maximum absolute atomic E-state index is 6.05. The van der Waals surface area contributed by atoms with Crippen LogP contribution in [0, 0.1) is 0 Å². The second-order valence-electron chi connectivity index (χ2n) is 5.21. The van der Waals surface area contributed by atoms with Gasteiger partial charge in [-0.1, -0.05) is 23.7 Å². The molecule has 1 aromatic heterocycles. The Bertz CT molecular complexity index is 630. The van der Waals surface area contributed by atoms with Gasteiger partial charge in [0.2, 0.25) is 0 Å². The molecule has 1 saturated carbocycles. The van der Waals surface area contributed by atoms with Crippen molar-refractivity contribution in [3.05, 3.63) is 57.2 Å². The quantitative estimate of drug-likeness (QED) is 0.418. The number of hydrogen-bond acceptors (Lipinski definition) is 2. The molecule has 1 aromatic carbocycles. The predicted octanol–water partition coefficient (Wildman–Crippen LogP) is 4.24. The summed E-state index contributed by atoms with van der Waals surface area (Å²) >= 11 is 7.76. The monoisotopic (exact) mass is 447 g/mol. The van der Waals surface area contributed by atoms with Gasteiger partial charge in [-0.3, -0.25) is 4.99 Å². The highest BCUT2D eigenvalue weighted by molar-refractivity contribution is 14.0. The minimum Gasteiger partial charge on any atom is -0.353 e. The van der Waals surface area contributed by atoms with Crippen molar-refractivity contribution in [2.45, 2.75) is 24.9 Å². The summed E-state index contributed by atoms with van der Waals surface area (Å²) in [6, 6.07) is 10.7. The van der Waals surface area contributed by atoms with Gasteiger partial charge in [-0.2, -0.15) is 11.3 Å². The molecule has 0 spiro atoms.